The van der Waals surface area contributed by atoms with Crippen LogP contribution in [0.25, 0.3) is 0 Å². The van der Waals surface area contributed by atoms with Gasteiger partial charge in [-0.2, -0.15) is 0 Å². The number of rotatable bonds is 3. The van der Waals surface area contributed by atoms with Crippen LogP contribution in [0.3, 0.4) is 0 Å². The molecule has 1 amide bonds. The highest BCUT2D eigenvalue weighted by molar-refractivity contribution is 5.68. The third kappa shape index (κ3) is 3.68. The minimum atomic E-state index is -0.456. The van der Waals surface area contributed by atoms with Crippen molar-refractivity contribution in [3.05, 3.63) is 60.0 Å². The van der Waals surface area contributed by atoms with E-state index in [2.05, 4.69) is 10.6 Å². The monoisotopic (exact) mass is 230 g/mol. The van der Waals surface area contributed by atoms with Crippen LogP contribution in [0.4, 0.5) is 4.79 Å². The zero-order chi connectivity index (χ0) is 11.9. The summed E-state index contributed by atoms with van der Waals surface area (Å²) in [7, 11) is 0. The lowest BCUT2D eigenvalue weighted by Crippen LogP contribution is -2.28. The van der Waals surface area contributed by atoms with Crippen molar-refractivity contribution < 1.29 is 9.53 Å². The summed E-state index contributed by atoms with van der Waals surface area (Å²) in [4.78, 5) is 11.4. The number of allylic oxidation sites excluding steroid dienone is 2. The number of benzene rings is 1. The minimum absolute atomic E-state index is 0.456. The van der Waals surface area contributed by atoms with E-state index in [1.807, 2.05) is 42.5 Å². The van der Waals surface area contributed by atoms with Crippen molar-refractivity contribution in [1.29, 1.82) is 0 Å². The van der Waals surface area contributed by atoms with Gasteiger partial charge in [-0.05, 0) is 11.6 Å². The van der Waals surface area contributed by atoms with Crippen molar-refractivity contribution in [3.8, 4) is 0 Å². The number of hydrogen-bond donors (Lipinski definition) is 2. The number of nitrogens with one attached hydrogen (secondary N) is 2. The SMILES string of the molecule is O=C(NCc1ccccc1)OC1=CC=CCN1. The van der Waals surface area contributed by atoms with Gasteiger partial charge in [-0.25, -0.2) is 4.79 Å². The Bertz CT molecular complexity index is 438. The summed E-state index contributed by atoms with van der Waals surface area (Å²) in [5.41, 5.74) is 1.04. The van der Waals surface area contributed by atoms with E-state index >= 15 is 0 Å². The molecule has 0 saturated heterocycles. The first-order valence-electron chi connectivity index (χ1n) is 5.45. The fourth-order valence-electron chi connectivity index (χ4n) is 1.42. The molecule has 0 fully saturated rings. The fraction of sp³-hybridized carbons (Fsp3) is 0.154. The van der Waals surface area contributed by atoms with Crippen LogP contribution in [0.15, 0.2) is 54.4 Å². The highest BCUT2D eigenvalue weighted by Gasteiger charge is 2.06. The second kappa shape index (κ2) is 5.75. The van der Waals surface area contributed by atoms with E-state index in [-0.39, 0.29) is 0 Å². The molecule has 0 bridgehead atoms. The Hall–Kier alpha value is -2.23. The fourth-order valence-corrected chi connectivity index (χ4v) is 1.42. The Labute approximate surface area is 100.0 Å². The Balaban J connectivity index is 1.78. The van der Waals surface area contributed by atoms with Crippen LogP contribution in [0, 0.1) is 0 Å². The van der Waals surface area contributed by atoms with E-state index in [1.54, 1.807) is 6.08 Å². The standard InChI is InChI=1S/C13H14N2O2/c16-13(17-12-8-4-5-9-14-12)15-10-11-6-2-1-3-7-11/h1-8,14H,9-10H2,(H,15,16). The summed E-state index contributed by atoms with van der Waals surface area (Å²) < 4.78 is 5.06. The van der Waals surface area contributed by atoms with E-state index in [4.69, 9.17) is 4.74 Å². The average molecular weight is 230 g/mol. The molecule has 88 valence electrons. The molecular formula is C13H14N2O2. The van der Waals surface area contributed by atoms with Gasteiger partial charge in [0, 0.05) is 13.1 Å². The molecule has 4 nitrogen and oxygen atoms in total. The van der Waals surface area contributed by atoms with Gasteiger partial charge in [0.15, 0.2) is 5.88 Å². The molecule has 0 atom stereocenters. The molecule has 1 aromatic rings. The number of dihydropyridines is 1. The summed E-state index contributed by atoms with van der Waals surface area (Å²) in [5.74, 6) is 0.470. The van der Waals surface area contributed by atoms with Crippen LogP contribution in [0.2, 0.25) is 0 Å². The summed E-state index contributed by atoms with van der Waals surface area (Å²) in [5, 5.41) is 5.62. The molecule has 0 unspecified atom stereocenters. The van der Waals surface area contributed by atoms with Crippen molar-refractivity contribution in [1.82, 2.24) is 10.6 Å². The molecule has 0 spiro atoms. The zero-order valence-corrected chi connectivity index (χ0v) is 9.35. The van der Waals surface area contributed by atoms with Crippen LogP contribution >= 0.6 is 0 Å². The van der Waals surface area contributed by atoms with Gasteiger partial charge in [-0.3, -0.25) is 0 Å². The summed E-state index contributed by atoms with van der Waals surface area (Å²) in [6, 6.07) is 9.68. The van der Waals surface area contributed by atoms with Crippen LogP contribution < -0.4 is 10.6 Å². The third-order valence-electron chi connectivity index (χ3n) is 2.26. The molecule has 17 heavy (non-hydrogen) atoms. The van der Waals surface area contributed by atoms with Crippen LogP contribution in [-0.2, 0) is 11.3 Å². The molecule has 1 aliphatic heterocycles. The van der Waals surface area contributed by atoms with E-state index in [0.717, 1.165) is 5.56 Å². The highest BCUT2D eigenvalue weighted by Crippen LogP contribution is 2.00. The minimum Gasteiger partial charge on any atom is -0.394 e. The topological polar surface area (TPSA) is 50.4 Å². The number of carbonyl (C=O) groups is 1. The van der Waals surface area contributed by atoms with Crippen molar-refractivity contribution in [2.45, 2.75) is 6.54 Å². The first-order chi connectivity index (χ1) is 8.34. The quantitative estimate of drug-likeness (QED) is 0.834. The van der Waals surface area contributed by atoms with Gasteiger partial charge in [0.1, 0.15) is 0 Å². The van der Waals surface area contributed by atoms with Gasteiger partial charge < -0.3 is 15.4 Å². The van der Waals surface area contributed by atoms with Crippen molar-refractivity contribution in [3.63, 3.8) is 0 Å². The normalized spacial score (nSPS) is 13.5. The largest absolute Gasteiger partial charge is 0.414 e. The number of hydrogen-bond acceptors (Lipinski definition) is 3. The van der Waals surface area contributed by atoms with Gasteiger partial charge >= 0.3 is 6.09 Å². The maximum absolute atomic E-state index is 11.4. The van der Waals surface area contributed by atoms with Crippen molar-refractivity contribution in [2.75, 3.05) is 6.54 Å². The Morgan fingerprint density at radius 3 is 2.88 bits per heavy atom. The average Bonchev–Trinajstić information content (AvgIpc) is 2.39. The molecule has 1 aromatic carbocycles. The maximum Gasteiger partial charge on any atom is 0.414 e. The van der Waals surface area contributed by atoms with Crippen LogP contribution in [0.5, 0.6) is 0 Å². The second-order valence-corrected chi connectivity index (χ2v) is 3.57. The molecule has 1 aliphatic rings. The first-order valence-corrected chi connectivity index (χ1v) is 5.45. The van der Waals surface area contributed by atoms with E-state index in [1.165, 1.54) is 0 Å². The third-order valence-corrected chi connectivity index (χ3v) is 2.26. The van der Waals surface area contributed by atoms with Gasteiger partial charge in [0.25, 0.3) is 0 Å². The molecule has 0 radical (unpaired) electrons. The van der Waals surface area contributed by atoms with Crippen molar-refractivity contribution >= 4 is 6.09 Å². The molecule has 0 aliphatic carbocycles. The lowest BCUT2D eigenvalue weighted by molar-refractivity contribution is 0.169. The van der Waals surface area contributed by atoms with Crippen molar-refractivity contribution in [2.24, 2.45) is 0 Å². The Kier molecular flexibility index (Phi) is 3.81. The number of amides is 1. The van der Waals surface area contributed by atoms with E-state index < -0.39 is 6.09 Å². The number of carbonyl (C=O) groups excluding carboxylic acids is 1. The van der Waals surface area contributed by atoms with Gasteiger partial charge in [0.05, 0.1) is 0 Å². The maximum atomic E-state index is 11.4. The van der Waals surface area contributed by atoms with E-state index in [0.29, 0.717) is 19.0 Å². The predicted octanol–water partition coefficient (Wildman–Crippen LogP) is 1.91. The van der Waals surface area contributed by atoms with Gasteiger partial charge in [-0.1, -0.05) is 42.5 Å². The smallest absolute Gasteiger partial charge is 0.394 e. The number of ether oxygens (including phenoxy) is 1. The summed E-state index contributed by atoms with van der Waals surface area (Å²) >= 11 is 0. The van der Waals surface area contributed by atoms with E-state index in [9.17, 15) is 4.79 Å². The molecule has 0 saturated carbocycles. The molecule has 0 aromatic heterocycles. The predicted molar refractivity (Wildman–Crippen MR) is 65.0 cm³/mol. The van der Waals surface area contributed by atoms with Gasteiger partial charge in [0.2, 0.25) is 0 Å². The first kappa shape index (κ1) is 11.3. The lowest BCUT2D eigenvalue weighted by Gasteiger charge is -2.12. The lowest BCUT2D eigenvalue weighted by atomic mass is 10.2. The molecule has 4 heteroatoms. The Morgan fingerprint density at radius 2 is 2.18 bits per heavy atom. The van der Waals surface area contributed by atoms with Gasteiger partial charge in [-0.15, -0.1) is 0 Å². The van der Waals surface area contributed by atoms with Crippen LogP contribution in [-0.4, -0.2) is 12.6 Å². The summed E-state index contributed by atoms with van der Waals surface area (Å²) in [6.45, 7) is 1.14. The highest BCUT2D eigenvalue weighted by atomic mass is 16.6. The molecular weight excluding hydrogens is 216 g/mol. The number of alkyl carbamates (subject to hydrolysis) is 1. The molecule has 2 N–H and O–H groups in total. The molecule has 2 rings (SSSR count). The Morgan fingerprint density at radius 1 is 1.35 bits per heavy atom. The zero-order valence-electron chi connectivity index (χ0n) is 9.35. The summed E-state index contributed by atoms with van der Waals surface area (Å²) in [6.07, 6.45) is 5.04. The van der Waals surface area contributed by atoms with Crippen LogP contribution in [0.1, 0.15) is 5.56 Å². The second-order valence-electron chi connectivity index (χ2n) is 3.57. The molecule has 1 heterocycles.